The lowest BCUT2D eigenvalue weighted by atomic mass is 10.1. The summed E-state index contributed by atoms with van der Waals surface area (Å²) in [4.78, 5) is 6.60. The van der Waals surface area contributed by atoms with Gasteiger partial charge in [-0.1, -0.05) is 0 Å². The molecule has 0 radical (unpaired) electrons. The maximum Gasteiger partial charge on any atom is 0.237 e. The van der Waals surface area contributed by atoms with Gasteiger partial charge in [-0.3, -0.25) is 0 Å². The summed E-state index contributed by atoms with van der Waals surface area (Å²) < 4.78 is 5.64. The van der Waals surface area contributed by atoms with Crippen molar-refractivity contribution < 1.29 is 4.74 Å². The van der Waals surface area contributed by atoms with Crippen molar-refractivity contribution >= 4 is 5.69 Å². The van der Waals surface area contributed by atoms with E-state index >= 15 is 0 Å². The number of ether oxygens (including phenoxy) is 1. The number of aromatic nitrogens is 1. The van der Waals surface area contributed by atoms with Crippen LogP contribution in [0.1, 0.15) is 24.8 Å². The average Bonchev–Trinajstić information content (AvgIpc) is 2.68. The first kappa shape index (κ1) is 12.2. The van der Waals surface area contributed by atoms with Crippen LogP contribution in [-0.2, 0) is 0 Å². The Morgan fingerprint density at radius 3 is 3.06 bits per heavy atom. The van der Waals surface area contributed by atoms with Gasteiger partial charge < -0.3 is 15.4 Å². The molecular formula is C13H21N3O. The van der Waals surface area contributed by atoms with Crippen molar-refractivity contribution in [3.63, 3.8) is 0 Å². The smallest absolute Gasteiger partial charge is 0.237 e. The fourth-order valence-corrected chi connectivity index (χ4v) is 2.34. The Hall–Kier alpha value is -1.29. The van der Waals surface area contributed by atoms with E-state index in [4.69, 9.17) is 10.5 Å². The van der Waals surface area contributed by atoms with Gasteiger partial charge in [0.15, 0.2) is 0 Å². The molecule has 1 atom stereocenters. The van der Waals surface area contributed by atoms with Crippen LogP contribution in [0, 0.1) is 6.92 Å². The molecule has 1 aromatic heterocycles. The second-order valence-corrected chi connectivity index (χ2v) is 4.82. The maximum atomic E-state index is 5.84. The fraction of sp³-hybridized carbons (Fsp3) is 0.615. The van der Waals surface area contributed by atoms with Crippen LogP contribution in [0.25, 0.3) is 0 Å². The molecule has 2 rings (SSSR count). The number of likely N-dealkylation sites (tertiary alicyclic amines) is 1. The summed E-state index contributed by atoms with van der Waals surface area (Å²) in [5.41, 5.74) is 7.53. The molecule has 1 aliphatic heterocycles. The first-order valence-corrected chi connectivity index (χ1v) is 6.22. The molecule has 1 unspecified atom stereocenters. The van der Waals surface area contributed by atoms with Crippen LogP contribution in [0.4, 0.5) is 5.69 Å². The third kappa shape index (κ3) is 3.09. The van der Waals surface area contributed by atoms with Crippen molar-refractivity contribution in [1.29, 1.82) is 0 Å². The first-order chi connectivity index (χ1) is 8.16. The van der Waals surface area contributed by atoms with Crippen molar-refractivity contribution in [3.05, 3.63) is 17.8 Å². The monoisotopic (exact) mass is 235 g/mol. The number of rotatable bonds is 4. The number of hydrogen-bond donors (Lipinski definition) is 1. The molecule has 0 spiro atoms. The lowest BCUT2D eigenvalue weighted by Gasteiger charge is -2.19. The zero-order valence-corrected chi connectivity index (χ0v) is 10.6. The van der Waals surface area contributed by atoms with Crippen molar-refractivity contribution in [2.24, 2.45) is 0 Å². The van der Waals surface area contributed by atoms with Crippen LogP contribution in [0.3, 0.4) is 0 Å². The summed E-state index contributed by atoms with van der Waals surface area (Å²) in [6.07, 6.45) is 5.40. The van der Waals surface area contributed by atoms with E-state index in [-0.39, 0.29) is 0 Å². The molecular weight excluding hydrogens is 214 g/mol. The van der Waals surface area contributed by atoms with Gasteiger partial charge in [0.05, 0.1) is 12.3 Å². The van der Waals surface area contributed by atoms with Gasteiger partial charge in [-0.2, -0.15) is 0 Å². The predicted octanol–water partition coefficient (Wildman–Crippen LogP) is 1.84. The summed E-state index contributed by atoms with van der Waals surface area (Å²) in [6, 6.07) is 2.55. The van der Waals surface area contributed by atoms with Crippen LogP contribution in [0.15, 0.2) is 12.3 Å². The van der Waals surface area contributed by atoms with Crippen LogP contribution in [-0.4, -0.2) is 36.1 Å². The number of hydrogen-bond acceptors (Lipinski definition) is 4. The second-order valence-electron chi connectivity index (χ2n) is 4.82. The third-order valence-electron chi connectivity index (χ3n) is 3.38. The molecule has 1 fully saturated rings. The van der Waals surface area contributed by atoms with Crippen molar-refractivity contribution in [3.8, 4) is 5.88 Å². The minimum Gasteiger partial charge on any atom is -0.476 e. The minimum atomic E-state index is 0.566. The molecule has 4 heteroatoms. The van der Waals surface area contributed by atoms with Crippen LogP contribution in [0.2, 0.25) is 0 Å². The zero-order chi connectivity index (χ0) is 12.3. The first-order valence-electron chi connectivity index (χ1n) is 6.22. The number of nitrogens with zero attached hydrogens (tertiary/aromatic N) is 2. The molecule has 0 saturated carbocycles. The van der Waals surface area contributed by atoms with Crippen LogP contribution in [0.5, 0.6) is 5.88 Å². The van der Waals surface area contributed by atoms with E-state index in [2.05, 4.69) is 16.9 Å². The summed E-state index contributed by atoms with van der Waals surface area (Å²) in [5, 5.41) is 0. The van der Waals surface area contributed by atoms with Gasteiger partial charge in [-0.05, 0) is 51.4 Å². The van der Waals surface area contributed by atoms with Crippen LogP contribution < -0.4 is 10.5 Å². The van der Waals surface area contributed by atoms with Crippen LogP contribution >= 0.6 is 0 Å². The molecule has 0 bridgehead atoms. The highest BCUT2D eigenvalue weighted by molar-refractivity contribution is 5.49. The summed E-state index contributed by atoms with van der Waals surface area (Å²) in [5.74, 6) is 0.566. The number of nitrogen functional groups attached to an aromatic ring is 1. The van der Waals surface area contributed by atoms with Gasteiger partial charge in [0, 0.05) is 12.2 Å². The highest BCUT2D eigenvalue weighted by Gasteiger charge is 2.20. The summed E-state index contributed by atoms with van der Waals surface area (Å²) >= 11 is 0. The number of pyridine rings is 1. The lowest BCUT2D eigenvalue weighted by Crippen LogP contribution is -2.26. The number of anilines is 1. The zero-order valence-electron chi connectivity index (χ0n) is 10.6. The molecule has 2 heterocycles. The molecule has 0 amide bonds. The second kappa shape index (κ2) is 5.36. The number of aryl methyl sites for hydroxylation is 1. The lowest BCUT2D eigenvalue weighted by molar-refractivity contribution is 0.229. The molecule has 1 aliphatic rings. The van der Waals surface area contributed by atoms with Gasteiger partial charge in [0.25, 0.3) is 0 Å². The fourth-order valence-electron chi connectivity index (χ4n) is 2.34. The molecule has 17 heavy (non-hydrogen) atoms. The minimum absolute atomic E-state index is 0.566. The molecule has 4 nitrogen and oxygen atoms in total. The topological polar surface area (TPSA) is 51.4 Å². The highest BCUT2D eigenvalue weighted by atomic mass is 16.5. The van der Waals surface area contributed by atoms with E-state index < -0.39 is 0 Å². The third-order valence-corrected chi connectivity index (χ3v) is 3.38. The SMILES string of the molecule is Cc1cnc(OCCC2CCCN2C)c(N)c1. The van der Waals surface area contributed by atoms with E-state index in [0.717, 1.165) is 12.0 Å². The molecule has 0 aliphatic carbocycles. The van der Waals surface area contributed by atoms with Gasteiger partial charge in [0.1, 0.15) is 0 Å². The van der Waals surface area contributed by atoms with Gasteiger partial charge in [-0.15, -0.1) is 0 Å². The van der Waals surface area contributed by atoms with Crippen molar-refractivity contribution in [2.75, 3.05) is 25.9 Å². The Labute approximate surface area is 103 Å². The summed E-state index contributed by atoms with van der Waals surface area (Å²) in [7, 11) is 2.18. The molecule has 1 aromatic rings. The molecule has 2 N–H and O–H groups in total. The Morgan fingerprint density at radius 1 is 1.59 bits per heavy atom. The van der Waals surface area contributed by atoms with E-state index in [0.29, 0.717) is 24.2 Å². The van der Waals surface area contributed by atoms with Crippen molar-refractivity contribution in [1.82, 2.24) is 9.88 Å². The average molecular weight is 235 g/mol. The normalized spacial score (nSPS) is 20.7. The predicted molar refractivity (Wildman–Crippen MR) is 69.2 cm³/mol. The van der Waals surface area contributed by atoms with E-state index in [1.165, 1.54) is 19.4 Å². The van der Waals surface area contributed by atoms with E-state index in [1.54, 1.807) is 6.20 Å². The standard InChI is InChI=1S/C13H21N3O/c1-10-8-12(14)13(15-9-10)17-7-5-11-4-3-6-16(11)2/h8-9,11H,3-7,14H2,1-2H3. The van der Waals surface area contributed by atoms with Gasteiger partial charge in [0.2, 0.25) is 5.88 Å². The van der Waals surface area contributed by atoms with Crippen molar-refractivity contribution in [2.45, 2.75) is 32.2 Å². The largest absolute Gasteiger partial charge is 0.476 e. The van der Waals surface area contributed by atoms with E-state index in [9.17, 15) is 0 Å². The van der Waals surface area contributed by atoms with Gasteiger partial charge >= 0.3 is 0 Å². The maximum absolute atomic E-state index is 5.84. The number of nitrogens with two attached hydrogens (primary N) is 1. The summed E-state index contributed by atoms with van der Waals surface area (Å²) in [6.45, 7) is 3.87. The Balaban J connectivity index is 1.81. The highest BCUT2D eigenvalue weighted by Crippen LogP contribution is 2.21. The molecule has 0 aromatic carbocycles. The van der Waals surface area contributed by atoms with E-state index in [1.807, 2.05) is 13.0 Å². The quantitative estimate of drug-likeness (QED) is 0.865. The molecule has 1 saturated heterocycles. The Kier molecular flexibility index (Phi) is 3.84. The molecule has 94 valence electrons. The Bertz CT molecular complexity index is 381. The Morgan fingerprint density at radius 2 is 2.41 bits per heavy atom. The van der Waals surface area contributed by atoms with Gasteiger partial charge in [-0.25, -0.2) is 4.98 Å².